The highest BCUT2D eigenvalue weighted by Gasteiger charge is 2.13. The number of rotatable bonds is 9. The molecule has 0 unspecified atom stereocenters. The zero-order chi connectivity index (χ0) is 18.1. The van der Waals surface area contributed by atoms with Gasteiger partial charge in [-0.3, -0.25) is 9.59 Å². The molecule has 0 aliphatic carbocycles. The lowest BCUT2D eigenvalue weighted by atomic mass is 10.2. The Morgan fingerprint density at radius 1 is 1.20 bits per heavy atom. The third kappa shape index (κ3) is 6.57. The van der Waals surface area contributed by atoms with Crippen LogP contribution in [0, 0.1) is 6.92 Å². The summed E-state index contributed by atoms with van der Waals surface area (Å²) in [4.78, 5) is 23.6. The largest absolute Gasteiger partial charge is 0.383 e. The molecule has 0 spiro atoms. The summed E-state index contributed by atoms with van der Waals surface area (Å²) >= 11 is 1.13. The molecule has 8 nitrogen and oxygen atoms in total. The molecule has 0 aliphatic rings. The maximum absolute atomic E-state index is 12.1. The molecule has 1 aromatic heterocycles. The van der Waals surface area contributed by atoms with Crippen LogP contribution < -0.4 is 10.6 Å². The number of anilines is 1. The van der Waals surface area contributed by atoms with Crippen molar-refractivity contribution >= 4 is 28.8 Å². The first-order valence-electron chi connectivity index (χ1n) is 7.62. The fourth-order valence-electron chi connectivity index (χ4n) is 1.80. The molecule has 0 fully saturated rings. The van der Waals surface area contributed by atoms with E-state index in [0.29, 0.717) is 23.8 Å². The quantitative estimate of drug-likeness (QED) is 0.652. The summed E-state index contributed by atoms with van der Waals surface area (Å²) in [7, 11) is 1.56. The Bertz CT molecular complexity index is 702. The topological polar surface area (TPSA) is 102 Å². The van der Waals surface area contributed by atoms with Gasteiger partial charge in [-0.15, -0.1) is 10.2 Å². The Morgan fingerprint density at radius 2 is 1.96 bits per heavy atom. The number of aromatic nitrogens is 2. The molecular formula is C16H20N4O4S. The summed E-state index contributed by atoms with van der Waals surface area (Å²) in [5.74, 6) is -0.566. The van der Waals surface area contributed by atoms with E-state index < -0.39 is 0 Å². The number of ether oxygens (including phenoxy) is 2. The Hall–Kier alpha value is -2.36. The van der Waals surface area contributed by atoms with Gasteiger partial charge in [0, 0.05) is 19.3 Å². The Labute approximate surface area is 149 Å². The number of nitrogens with zero attached hydrogens (tertiary/aromatic N) is 2. The minimum absolute atomic E-state index is 0.0891. The van der Waals surface area contributed by atoms with Crippen LogP contribution in [0.5, 0.6) is 0 Å². The number of hydrogen-bond donors (Lipinski definition) is 2. The number of hydrogen-bond acceptors (Lipinski definition) is 7. The number of benzene rings is 1. The zero-order valence-corrected chi connectivity index (χ0v) is 14.9. The number of nitrogens with one attached hydrogen (secondary N) is 2. The fraction of sp³-hybridized carbons (Fsp3) is 0.375. The van der Waals surface area contributed by atoms with E-state index in [0.717, 1.165) is 16.9 Å². The van der Waals surface area contributed by atoms with E-state index in [4.69, 9.17) is 9.47 Å². The molecular weight excluding hydrogens is 344 g/mol. The van der Waals surface area contributed by atoms with Crippen molar-refractivity contribution in [3.8, 4) is 0 Å². The summed E-state index contributed by atoms with van der Waals surface area (Å²) < 4.78 is 10.1. The van der Waals surface area contributed by atoms with Crippen LogP contribution in [0.15, 0.2) is 24.3 Å². The highest BCUT2D eigenvalue weighted by Crippen LogP contribution is 2.14. The van der Waals surface area contributed by atoms with Gasteiger partial charge in [0.15, 0.2) is 0 Å². The lowest BCUT2D eigenvalue weighted by Gasteiger charge is -2.04. The summed E-state index contributed by atoms with van der Waals surface area (Å²) in [6.45, 7) is 2.88. The molecule has 0 saturated carbocycles. The third-order valence-electron chi connectivity index (χ3n) is 3.06. The van der Waals surface area contributed by atoms with Gasteiger partial charge in [0.2, 0.25) is 10.9 Å². The zero-order valence-electron chi connectivity index (χ0n) is 14.1. The van der Waals surface area contributed by atoms with E-state index in [1.807, 2.05) is 31.2 Å². The van der Waals surface area contributed by atoms with Crippen LogP contribution in [0.2, 0.25) is 0 Å². The first kappa shape index (κ1) is 19.0. The molecule has 1 aromatic carbocycles. The number of aryl methyl sites for hydroxylation is 1. The average Bonchev–Trinajstić information content (AvgIpc) is 3.06. The van der Waals surface area contributed by atoms with E-state index >= 15 is 0 Å². The molecule has 1 heterocycles. The van der Waals surface area contributed by atoms with Crippen molar-refractivity contribution in [3.63, 3.8) is 0 Å². The molecule has 2 rings (SSSR count). The number of methoxy groups -OCH3 is 1. The predicted octanol–water partition coefficient (Wildman–Crippen LogP) is 1.38. The first-order chi connectivity index (χ1) is 12.1. The van der Waals surface area contributed by atoms with Gasteiger partial charge in [-0.1, -0.05) is 29.0 Å². The number of carbonyl (C=O) groups is 2. The normalized spacial score (nSPS) is 10.5. The standard InChI is InChI=1S/C16H20N4O4S/c1-11-3-5-12(6-4-11)18-15(22)16-20-19-14(25-16)10-24-9-13(21)17-7-8-23-2/h3-6H,7-10H2,1-2H3,(H,17,21)(H,18,22). The van der Waals surface area contributed by atoms with E-state index in [-0.39, 0.29) is 30.0 Å². The lowest BCUT2D eigenvalue weighted by Crippen LogP contribution is -2.30. The van der Waals surface area contributed by atoms with Gasteiger partial charge in [0.05, 0.1) is 6.61 Å². The van der Waals surface area contributed by atoms with Gasteiger partial charge in [0.1, 0.15) is 18.2 Å². The van der Waals surface area contributed by atoms with Crippen LogP contribution in [0.1, 0.15) is 20.4 Å². The van der Waals surface area contributed by atoms with Crippen molar-refractivity contribution in [1.29, 1.82) is 0 Å². The molecule has 0 bridgehead atoms. The average molecular weight is 364 g/mol. The molecule has 0 saturated heterocycles. The smallest absolute Gasteiger partial charge is 0.286 e. The van der Waals surface area contributed by atoms with Gasteiger partial charge in [0.25, 0.3) is 5.91 Å². The van der Waals surface area contributed by atoms with E-state index in [2.05, 4.69) is 20.8 Å². The predicted molar refractivity (Wildman–Crippen MR) is 93.6 cm³/mol. The molecule has 2 aromatic rings. The maximum atomic E-state index is 12.1. The Kier molecular flexibility index (Phi) is 7.45. The van der Waals surface area contributed by atoms with Crippen molar-refractivity contribution in [2.45, 2.75) is 13.5 Å². The van der Waals surface area contributed by atoms with Crippen molar-refractivity contribution in [2.75, 3.05) is 32.2 Å². The van der Waals surface area contributed by atoms with Gasteiger partial charge in [-0.05, 0) is 19.1 Å². The minimum Gasteiger partial charge on any atom is -0.383 e. The lowest BCUT2D eigenvalue weighted by molar-refractivity contribution is -0.126. The van der Waals surface area contributed by atoms with Crippen molar-refractivity contribution in [2.24, 2.45) is 0 Å². The fourth-order valence-corrected chi connectivity index (χ4v) is 2.47. The maximum Gasteiger partial charge on any atom is 0.286 e. The van der Waals surface area contributed by atoms with Crippen LogP contribution in [-0.4, -0.2) is 48.9 Å². The summed E-state index contributed by atoms with van der Waals surface area (Å²) in [6, 6.07) is 7.46. The van der Waals surface area contributed by atoms with Crippen molar-refractivity contribution in [3.05, 3.63) is 39.8 Å². The molecule has 0 aliphatic heterocycles. The molecule has 134 valence electrons. The SMILES string of the molecule is COCCNC(=O)COCc1nnc(C(=O)Nc2ccc(C)cc2)s1. The Balaban J connectivity index is 1.76. The van der Waals surface area contributed by atoms with Gasteiger partial charge in [-0.25, -0.2) is 0 Å². The number of amides is 2. The molecule has 0 radical (unpaired) electrons. The molecule has 25 heavy (non-hydrogen) atoms. The van der Waals surface area contributed by atoms with Crippen LogP contribution in [0.4, 0.5) is 5.69 Å². The molecule has 9 heteroatoms. The second-order valence-electron chi connectivity index (χ2n) is 5.16. The molecule has 2 amide bonds. The monoisotopic (exact) mass is 364 g/mol. The van der Waals surface area contributed by atoms with Crippen molar-refractivity contribution in [1.82, 2.24) is 15.5 Å². The van der Waals surface area contributed by atoms with Crippen LogP contribution >= 0.6 is 11.3 Å². The van der Waals surface area contributed by atoms with E-state index in [1.165, 1.54) is 0 Å². The Morgan fingerprint density at radius 3 is 2.68 bits per heavy atom. The van der Waals surface area contributed by atoms with Crippen LogP contribution in [0.3, 0.4) is 0 Å². The second-order valence-corrected chi connectivity index (χ2v) is 6.22. The second kappa shape index (κ2) is 9.82. The van der Waals surface area contributed by atoms with Gasteiger partial charge >= 0.3 is 0 Å². The summed E-state index contributed by atoms with van der Waals surface area (Å²) in [6.07, 6.45) is 0. The van der Waals surface area contributed by atoms with Crippen LogP contribution in [-0.2, 0) is 20.9 Å². The van der Waals surface area contributed by atoms with Gasteiger partial charge in [-0.2, -0.15) is 0 Å². The number of carbonyl (C=O) groups excluding carboxylic acids is 2. The molecule has 0 atom stereocenters. The van der Waals surface area contributed by atoms with Gasteiger partial charge < -0.3 is 20.1 Å². The highest BCUT2D eigenvalue weighted by molar-refractivity contribution is 7.13. The van der Waals surface area contributed by atoms with E-state index in [1.54, 1.807) is 7.11 Å². The highest BCUT2D eigenvalue weighted by atomic mass is 32.1. The first-order valence-corrected chi connectivity index (χ1v) is 8.44. The van der Waals surface area contributed by atoms with E-state index in [9.17, 15) is 9.59 Å². The van der Waals surface area contributed by atoms with Crippen LogP contribution in [0.25, 0.3) is 0 Å². The third-order valence-corrected chi connectivity index (χ3v) is 3.95. The molecule has 2 N–H and O–H groups in total. The van der Waals surface area contributed by atoms with Crippen molar-refractivity contribution < 1.29 is 19.1 Å². The minimum atomic E-state index is -0.329. The summed E-state index contributed by atoms with van der Waals surface area (Å²) in [5, 5.41) is 13.9. The summed E-state index contributed by atoms with van der Waals surface area (Å²) in [5.41, 5.74) is 1.80.